The molecule has 1 aliphatic rings. The van der Waals surface area contributed by atoms with E-state index in [1.807, 2.05) is 46.3 Å². The highest BCUT2D eigenvalue weighted by molar-refractivity contribution is 8.26. The van der Waals surface area contributed by atoms with Crippen LogP contribution in [-0.2, 0) is 9.59 Å². The Morgan fingerprint density at radius 1 is 1.33 bits per heavy atom. The Balaban J connectivity index is 1.62. The second-order valence-corrected chi connectivity index (χ2v) is 10.3. The number of imidazole rings is 1. The lowest BCUT2D eigenvalue weighted by Gasteiger charge is -2.13. The molecule has 6 nitrogen and oxygen atoms in total. The van der Waals surface area contributed by atoms with Crippen molar-refractivity contribution in [2.45, 2.75) is 22.8 Å². The number of aromatic nitrogens is 2. The highest BCUT2D eigenvalue weighted by atomic mass is 35.5. The molecule has 0 atom stereocenters. The van der Waals surface area contributed by atoms with Gasteiger partial charge in [0.15, 0.2) is 4.96 Å². The molecule has 3 heterocycles. The fraction of sp³-hybridized carbons (Fsp3) is 0.158. The molecule has 1 fully saturated rings. The minimum Gasteiger partial charge on any atom is -0.481 e. The standard InChI is InChI=1S/C19H14ClN3O3S4/c20-11-3-5-12(6-4-11)29-16-13(22-8-9-28-18(22)21-16)10-14-17(26)23(19(27)30-14)7-1-2-15(24)25/h3-6,8-10H,1-2,7H2,(H,24,25). The summed E-state index contributed by atoms with van der Waals surface area (Å²) in [4.78, 5) is 32.1. The third-order valence-electron chi connectivity index (χ3n) is 4.21. The molecule has 1 saturated heterocycles. The lowest BCUT2D eigenvalue weighted by atomic mass is 10.3. The van der Waals surface area contributed by atoms with Gasteiger partial charge in [0.05, 0.1) is 10.6 Å². The van der Waals surface area contributed by atoms with Gasteiger partial charge >= 0.3 is 5.97 Å². The fourth-order valence-corrected chi connectivity index (χ4v) is 5.89. The Morgan fingerprint density at radius 3 is 2.83 bits per heavy atom. The molecule has 1 amide bonds. The van der Waals surface area contributed by atoms with E-state index in [4.69, 9.17) is 33.9 Å². The Hall–Kier alpha value is -1.85. The lowest BCUT2D eigenvalue weighted by Crippen LogP contribution is -2.29. The number of aliphatic carboxylic acids is 1. The van der Waals surface area contributed by atoms with Gasteiger partial charge in [0.2, 0.25) is 0 Å². The molecule has 0 radical (unpaired) electrons. The van der Waals surface area contributed by atoms with Gasteiger partial charge in [0.1, 0.15) is 9.35 Å². The van der Waals surface area contributed by atoms with Gasteiger partial charge in [-0.05, 0) is 36.8 Å². The average molecular weight is 496 g/mol. The average Bonchev–Trinajstić information content (AvgIpc) is 3.35. The second-order valence-electron chi connectivity index (χ2n) is 6.24. The SMILES string of the molecule is O=C(O)CCCN1C(=O)C(=Cc2c(Sc3ccc(Cl)cc3)nc3sccn23)SC1=S. The molecule has 1 aromatic carbocycles. The number of amides is 1. The molecule has 2 aromatic heterocycles. The monoisotopic (exact) mass is 495 g/mol. The van der Waals surface area contributed by atoms with Crippen molar-refractivity contribution in [2.75, 3.05) is 6.54 Å². The molecule has 0 aliphatic carbocycles. The molecular formula is C19H14ClN3O3S4. The Bertz CT molecular complexity index is 1170. The topological polar surface area (TPSA) is 74.9 Å². The molecule has 0 bridgehead atoms. The number of nitrogens with zero attached hydrogens (tertiary/aromatic N) is 3. The van der Waals surface area contributed by atoms with Crippen LogP contribution in [0.15, 0.2) is 50.7 Å². The molecule has 3 aromatic rings. The van der Waals surface area contributed by atoms with Crippen LogP contribution in [0.5, 0.6) is 0 Å². The van der Waals surface area contributed by atoms with E-state index in [0.717, 1.165) is 20.6 Å². The number of thiazole rings is 1. The Labute approximate surface area is 194 Å². The number of hydrogen-bond acceptors (Lipinski definition) is 7. The first kappa shape index (κ1) is 21.4. The number of thiocarbonyl (C=S) groups is 1. The highest BCUT2D eigenvalue weighted by Gasteiger charge is 2.32. The number of carboxylic acid groups (broad SMARTS) is 1. The zero-order chi connectivity index (χ0) is 21.3. The van der Waals surface area contributed by atoms with E-state index in [-0.39, 0.29) is 12.3 Å². The first-order valence-corrected chi connectivity index (χ1v) is 12.1. The van der Waals surface area contributed by atoms with Gasteiger partial charge in [-0.1, -0.05) is 47.3 Å². The van der Waals surface area contributed by atoms with Gasteiger partial charge in [-0.3, -0.25) is 18.9 Å². The third kappa shape index (κ3) is 4.57. The number of thioether (sulfide) groups is 1. The van der Waals surface area contributed by atoms with Crippen molar-refractivity contribution in [1.29, 1.82) is 0 Å². The summed E-state index contributed by atoms with van der Waals surface area (Å²) in [6.07, 6.45) is 4.07. The van der Waals surface area contributed by atoms with Crippen LogP contribution in [0.1, 0.15) is 18.5 Å². The maximum atomic E-state index is 12.9. The quantitative estimate of drug-likeness (QED) is 0.353. The van der Waals surface area contributed by atoms with Crippen LogP contribution in [0.3, 0.4) is 0 Å². The summed E-state index contributed by atoms with van der Waals surface area (Å²) in [6, 6.07) is 7.49. The van der Waals surface area contributed by atoms with Crippen molar-refractivity contribution in [2.24, 2.45) is 0 Å². The van der Waals surface area contributed by atoms with Crippen molar-refractivity contribution in [1.82, 2.24) is 14.3 Å². The molecule has 0 spiro atoms. The summed E-state index contributed by atoms with van der Waals surface area (Å²) < 4.78 is 2.38. The Morgan fingerprint density at radius 2 is 2.10 bits per heavy atom. The van der Waals surface area contributed by atoms with Crippen LogP contribution in [0, 0.1) is 0 Å². The van der Waals surface area contributed by atoms with Crippen LogP contribution in [0.25, 0.3) is 11.0 Å². The molecular weight excluding hydrogens is 482 g/mol. The Kier molecular flexibility index (Phi) is 6.49. The molecule has 0 saturated carbocycles. The van der Waals surface area contributed by atoms with Gasteiger partial charge in [-0.2, -0.15) is 0 Å². The molecule has 1 aliphatic heterocycles. The van der Waals surface area contributed by atoms with Crippen molar-refractivity contribution < 1.29 is 14.7 Å². The largest absolute Gasteiger partial charge is 0.481 e. The van der Waals surface area contributed by atoms with E-state index in [1.54, 1.807) is 0 Å². The third-order valence-corrected chi connectivity index (χ3v) is 7.60. The molecule has 11 heteroatoms. The van der Waals surface area contributed by atoms with Gasteiger partial charge in [0.25, 0.3) is 5.91 Å². The number of rotatable bonds is 7. The van der Waals surface area contributed by atoms with Gasteiger partial charge < -0.3 is 5.11 Å². The summed E-state index contributed by atoms with van der Waals surface area (Å²) in [5, 5.41) is 12.2. The first-order chi connectivity index (χ1) is 14.4. The van der Waals surface area contributed by atoms with Crippen molar-refractivity contribution in [3.63, 3.8) is 0 Å². The van der Waals surface area contributed by atoms with E-state index < -0.39 is 5.97 Å². The smallest absolute Gasteiger partial charge is 0.303 e. The number of fused-ring (bicyclic) bond motifs is 1. The molecule has 154 valence electrons. The number of benzene rings is 1. The van der Waals surface area contributed by atoms with Gasteiger partial charge in [-0.15, -0.1) is 11.3 Å². The highest BCUT2D eigenvalue weighted by Crippen LogP contribution is 2.37. The van der Waals surface area contributed by atoms with Gasteiger partial charge in [-0.25, -0.2) is 4.98 Å². The summed E-state index contributed by atoms with van der Waals surface area (Å²) in [5.74, 6) is -1.10. The molecule has 4 rings (SSSR count). The number of hydrogen-bond donors (Lipinski definition) is 1. The van der Waals surface area contributed by atoms with E-state index in [0.29, 0.717) is 27.2 Å². The number of carbonyl (C=O) groups is 2. The summed E-state index contributed by atoms with van der Waals surface area (Å²) >= 11 is 15.6. The zero-order valence-electron chi connectivity index (χ0n) is 15.3. The lowest BCUT2D eigenvalue weighted by molar-refractivity contribution is -0.137. The normalized spacial score (nSPS) is 15.6. The predicted octanol–water partition coefficient (Wildman–Crippen LogP) is 5.27. The second kappa shape index (κ2) is 9.11. The van der Waals surface area contributed by atoms with Gasteiger partial charge in [0, 0.05) is 34.5 Å². The number of halogens is 1. The summed E-state index contributed by atoms with van der Waals surface area (Å²) in [5.41, 5.74) is 0.803. The minimum atomic E-state index is -0.890. The number of carbonyl (C=O) groups excluding carboxylic acids is 1. The maximum Gasteiger partial charge on any atom is 0.303 e. The zero-order valence-corrected chi connectivity index (χ0v) is 19.3. The first-order valence-electron chi connectivity index (χ1n) is 8.78. The van der Waals surface area contributed by atoms with Crippen molar-refractivity contribution >= 4 is 85.9 Å². The van der Waals surface area contributed by atoms with Crippen LogP contribution in [-0.4, -0.2) is 42.1 Å². The van der Waals surface area contributed by atoms with Crippen LogP contribution >= 0.6 is 58.7 Å². The predicted molar refractivity (Wildman–Crippen MR) is 125 cm³/mol. The number of carboxylic acids is 1. The molecule has 30 heavy (non-hydrogen) atoms. The van der Waals surface area contributed by atoms with Crippen molar-refractivity contribution in [3.05, 3.63) is 51.5 Å². The maximum absolute atomic E-state index is 12.9. The molecule has 1 N–H and O–H groups in total. The van der Waals surface area contributed by atoms with E-state index in [9.17, 15) is 9.59 Å². The van der Waals surface area contributed by atoms with Crippen LogP contribution < -0.4 is 0 Å². The molecule has 0 unspecified atom stereocenters. The van der Waals surface area contributed by atoms with E-state index in [2.05, 4.69) is 0 Å². The van der Waals surface area contributed by atoms with Crippen LogP contribution in [0.4, 0.5) is 0 Å². The van der Waals surface area contributed by atoms with E-state index >= 15 is 0 Å². The summed E-state index contributed by atoms with van der Waals surface area (Å²) in [6.45, 7) is 0.293. The summed E-state index contributed by atoms with van der Waals surface area (Å²) in [7, 11) is 0. The van der Waals surface area contributed by atoms with E-state index in [1.165, 1.54) is 39.8 Å². The van der Waals surface area contributed by atoms with Crippen molar-refractivity contribution in [3.8, 4) is 0 Å². The minimum absolute atomic E-state index is 0.00383. The van der Waals surface area contributed by atoms with Crippen LogP contribution in [0.2, 0.25) is 5.02 Å². The fourth-order valence-electron chi connectivity index (χ4n) is 2.81.